The molecule has 2 heterocycles. The fourth-order valence-corrected chi connectivity index (χ4v) is 6.19. The Balaban J connectivity index is 0.000000206. The standard InChI is InChI=1S/C16H22N2O3S.C12H19NO.C5H10/c1-22(20,21)14-4-2-13(3-5-14)12-18-11-8-16(15(18)19)6-9-17-10-7-16;1-10(8-13-9-14)11(2)12-6-4-3-5-7-12;1-2-5-3-4-5/h2-5,17H,6-12H2,1H3;3-7,10-11,13-14H,8-9H2,1-2H3;5H,2-4H2,1H3/t;10-,11?;/m.0./s1. The number of carbonyl (C=O) groups is 1. The van der Waals surface area contributed by atoms with Crippen molar-refractivity contribution in [2.75, 3.05) is 39.2 Å². The molecule has 41 heavy (non-hydrogen) atoms. The Bertz CT molecular complexity index is 1160. The number of nitrogens with one attached hydrogen (secondary N) is 2. The second-order valence-electron chi connectivity index (χ2n) is 12.1. The van der Waals surface area contributed by atoms with E-state index >= 15 is 0 Å². The molecule has 1 amide bonds. The normalized spacial score (nSPS) is 19.5. The van der Waals surface area contributed by atoms with Gasteiger partial charge in [-0.3, -0.25) is 10.1 Å². The zero-order valence-electron chi connectivity index (χ0n) is 25.4. The number of hydrogen-bond acceptors (Lipinski definition) is 6. The largest absolute Gasteiger partial charge is 0.381 e. The van der Waals surface area contributed by atoms with Gasteiger partial charge in [0.05, 0.1) is 17.0 Å². The van der Waals surface area contributed by atoms with E-state index in [1.165, 1.54) is 31.1 Å². The summed E-state index contributed by atoms with van der Waals surface area (Å²) in [6.07, 6.45) is 8.43. The third kappa shape index (κ3) is 10.2. The molecule has 1 unspecified atom stereocenters. The van der Waals surface area contributed by atoms with Gasteiger partial charge in [0.2, 0.25) is 5.91 Å². The molecule has 8 heteroatoms. The van der Waals surface area contributed by atoms with E-state index in [1.807, 2.05) is 11.0 Å². The van der Waals surface area contributed by atoms with Gasteiger partial charge >= 0.3 is 0 Å². The van der Waals surface area contributed by atoms with Gasteiger partial charge in [0.15, 0.2) is 9.84 Å². The van der Waals surface area contributed by atoms with Gasteiger partial charge in [-0.15, -0.1) is 0 Å². The van der Waals surface area contributed by atoms with Crippen molar-refractivity contribution < 1.29 is 18.3 Å². The fourth-order valence-electron chi connectivity index (χ4n) is 5.56. The first-order chi connectivity index (χ1) is 19.6. The fraction of sp³-hybridized carbons (Fsp3) is 0.606. The second kappa shape index (κ2) is 15.8. The SMILES string of the molecule is CC(c1ccccc1)[C@@H](C)CNCO.CCC1CC1.CS(=O)(=O)c1ccc(CN2CCC3(CCNCC3)C2=O)cc1. The Morgan fingerprint density at radius 1 is 1.02 bits per heavy atom. The monoisotopic (exact) mass is 585 g/mol. The Morgan fingerprint density at radius 2 is 1.66 bits per heavy atom. The van der Waals surface area contributed by atoms with E-state index in [-0.39, 0.29) is 18.1 Å². The van der Waals surface area contributed by atoms with Crippen molar-refractivity contribution in [3.63, 3.8) is 0 Å². The Hall–Kier alpha value is -2.26. The smallest absolute Gasteiger partial charge is 0.229 e. The van der Waals surface area contributed by atoms with Crippen LogP contribution in [0, 0.1) is 17.3 Å². The van der Waals surface area contributed by atoms with Crippen molar-refractivity contribution in [3.8, 4) is 0 Å². The lowest BCUT2D eigenvalue weighted by Gasteiger charge is -2.32. The number of likely N-dealkylation sites (tertiary alicyclic amines) is 1. The molecule has 228 valence electrons. The number of carbonyl (C=O) groups excluding carboxylic acids is 1. The Morgan fingerprint density at radius 3 is 2.17 bits per heavy atom. The highest BCUT2D eigenvalue weighted by atomic mass is 32.2. The maximum atomic E-state index is 12.7. The van der Waals surface area contributed by atoms with Crippen LogP contribution in [0.25, 0.3) is 0 Å². The minimum absolute atomic E-state index is 0.0614. The van der Waals surface area contributed by atoms with Gasteiger partial charge in [-0.2, -0.15) is 0 Å². The molecule has 1 spiro atoms. The van der Waals surface area contributed by atoms with E-state index in [0.717, 1.165) is 56.9 Å². The van der Waals surface area contributed by atoms with Gasteiger partial charge < -0.3 is 15.3 Å². The van der Waals surface area contributed by atoms with Gasteiger partial charge in [-0.1, -0.05) is 82.5 Å². The average Bonchev–Trinajstić information content (AvgIpc) is 3.79. The molecule has 0 aromatic heterocycles. The van der Waals surface area contributed by atoms with Gasteiger partial charge in [0.1, 0.15) is 0 Å². The molecule has 2 atom stereocenters. The highest BCUT2D eigenvalue weighted by molar-refractivity contribution is 7.90. The molecule has 2 saturated heterocycles. The number of rotatable bonds is 9. The van der Waals surface area contributed by atoms with Crippen LogP contribution >= 0.6 is 0 Å². The lowest BCUT2D eigenvalue weighted by Crippen LogP contribution is -2.42. The van der Waals surface area contributed by atoms with Crippen LogP contribution in [0.4, 0.5) is 0 Å². The molecule has 5 rings (SSSR count). The van der Waals surface area contributed by atoms with E-state index in [4.69, 9.17) is 5.11 Å². The molecule has 3 fully saturated rings. The number of aliphatic hydroxyl groups is 1. The Kier molecular flexibility index (Phi) is 12.8. The maximum absolute atomic E-state index is 12.7. The number of nitrogens with zero attached hydrogens (tertiary/aromatic N) is 1. The molecule has 7 nitrogen and oxygen atoms in total. The lowest BCUT2D eigenvalue weighted by molar-refractivity contribution is -0.137. The molecule has 0 bridgehead atoms. The summed E-state index contributed by atoms with van der Waals surface area (Å²) in [6.45, 7) is 10.8. The molecule has 2 aromatic carbocycles. The van der Waals surface area contributed by atoms with E-state index in [0.29, 0.717) is 23.3 Å². The van der Waals surface area contributed by atoms with Gasteiger partial charge in [0.25, 0.3) is 0 Å². The quantitative estimate of drug-likeness (QED) is 0.360. The minimum Gasteiger partial charge on any atom is -0.381 e. The van der Waals surface area contributed by atoms with Crippen LogP contribution in [0.2, 0.25) is 0 Å². The maximum Gasteiger partial charge on any atom is 0.229 e. The van der Waals surface area contributed by atoms with Crippen molar-refractivity contribution in [3.05, 3.63) is 65.7 Å². The number of piperidine rings is 1. The van der Waals surface area contributed by atoms with Crippen LogP contribution in [0.15, 0.2) is 59.5 Å². The predicted octanol–water partition coefficient (Wildman–Crippen LogP) is 4.96. The Labute approximate surface area is 248 Å². The van der Waals surface area contributed by atoms with Gasteiger partial charge in [-0.25, -0.2) is 8.42 Å². The summed E-state index contributed by atoms with van der Waals surface area (Å²) in [4.78, 5) is 15.0. The number of amides is 1. The highest BCUT2D eigenvalue weighted by Gasteiger charge is 2.46. The van der Waals surface area contributed by atoms with Crippen LogP contribution in [0.1, 0.15) is 76.3 Å². The molecular formula is C33H51N3O4S. The molecule has 3 aliphatic rings. The average molecular weight is 586 g/mol. The summed E-state index contributed by atoms with van der Waals surface area (Å²) in [5.41, 5.74) is 2.18. The number of hydrogen-bond donors (Lipinski definition) is 3. The van der Waals surface area contributed by atoms with Gasteiger partial charge in [-0.05, 0) is 73.4 Å². The van der Waals surface area contributed by atoms with Crippen LogP contribution in [0.3, 0.4) is 0 Å². The first-order valence-electron chi connectivity index (χ1n) is 15.2. The second-order valence-corrected chi connectivity index (χ2v) is 14.1. The summed E-state index contributed by atoms with van der Waals surface area (Å²) in [5.74, 6) is 2.45. The van der Waals surface area contributed by atoms with Crippen LogP contribution in [0.5, 0.6) is 0 Å². The molecule has 3 N–H and O–H groups in total. The van der Waals surface area contributed by atoms with Crippen molar-refractivity contribution in [2.24, 2.45) is 17.3 Å². The molecule has 0 radical (unpaired) electrons. The zero-order chi connectivity index (χ0) is 29.9. The predicted molar refractivity (Wildman–Crippen MR) is 166 cm³/mol. The molecule has 2 aliphatic heterocycles. The van der Waals surface area contributed by atoms with E-state index in [2.05, 4.69) is 55.7 Å². The summed E-state index contributed by atoms with van der Waals surface area (Å²) < 4.78 is 22.9. The third-order valence-electron chi connectivity index (χ3n) is 8.92. The molecule has 2 aromatic rings. The lowest BCUT2D eigenvalue weighted by atomic mass is 9.78. The summed E-state index contributed by atoms with van der Waals surface area (Å²) in [5, 5.41) is 14.9. The van der Waals surface area contributed by atoms with Gasteiger partial charge in [0, 0.05) is 25.9 Å². The van der Waals surface area contributed by atoms with Crippen LogP contribution in [-0.2, 0) is 21.2 Å². The van der Waals surface area contributed by atoms with Crippen molar-refractivity contribution in [2.45, 2.75) is 76.7 Å². The van der Waals surface area contributed by atoms with Crippen molar-refractivity contribution in [1.29, 1.82) is 0 Å². The van der Waals surface area contributed by atoms with Crippen LogP contribution in [-0.4, -0.2) is 63.5 Å². The molecular weight excluding hydrogens is 534 g/mol. The van der Waals surface area contributed by atoms with Crippen molar-refractivity contribution in [1.82, 2.24) is 15.5 Å². The summed E-state index contributed by atoms with van der Waals surface area (Å²) in [7, 11) is -3.17. The van der Waals surface area contributed by atoms with E-state index < -0.39 is 9.84 Å². The van der Waals surface area contributed by atoms with Crippen LogP contribution < -0.4 is 10.6 Å². The van der Waals surface area contributed by atoms with E-state index in [9.17, 15) is 13.2 Å². The van der Waals surface area contributed by atoms with E-state index in [1.54, 1.807) is 24.3 Å². The third-order valence-corrected chi connectivity index (χ3v) is 10.0. The van der Waals surface area contributed by atoms with Crippen molar-refractivity contribution >= 4 is 15.7 Å². The molecule has 1 saturated carbocycles. The molecule has 1 aliphatic carbocycles. The first kappa shape index (κ1) is 33.2. The minimum atomic E-state index is -3.17. The summed E-state index contributed by atoms with van der Waals surface area (Å²) in [6, 6.07) is 17.3. The number of sulfone groups is 1. The summed E-state index contributed by atoms with van der Waals surface area (Å²) >= 11 is 0. The zero-order valence-corrected chi connectivity index (χ0v) is 26.3. The topological polar surface area (TPSA) is 98.7 Å². The number of benzene rings is 2. The number of aliphatic hydroxyl groups excluding tert-OH is 1. The highest BCUT2D eigenvalue weighted by Crippen LogP contribution is 2.40. The first-order valence-corrected chi connectivity index (χ1v) is 17.1.